The van der Waals surface area contributed by atoms with Gasteiger partial charge in [0.05, 0.1) is 12.5 Å². The number of amides is 1. The van der Waals surface area contributed by atoms with E-state index in [-0.39, 0.29) is 12.2 Å². The van der Waals surface area contributed by atoms with Gasteiger partial charge in [-0.1, -0.05) is 20.8 Å². The highest BCUT2D eigenvalue weighted by atomic mass is 16.4. The van der Waals surface area contributed by atoms with Gasteiger partial charge < -0.3 is 15.5 Å². The van der Waals surface area contributed by atoms with Crippen molar-refractivity contribution in [1.82, 2.24) is 10.6 Å². The van der Waals surface area contributed by atoms with Gasteiger partial charge in [0.2, 0.25) is 5.91 Å². The first-order chi connectivity index (χ1) is 8.99. The van der Waals surface area contributed by atoms with Gasteiger partial charge in [0, 0.05) is 6.42 Å². The van der Waals surface area contributed by atoms with Crippen LogP contribution >= 0.6 is 0 Å². The molecule has 0 radical (unpaired) electrons. The van der Waals surface area contributed by atoms with Crippen LogP contribution in [-0.2, 0) is 14.4 Å². The van der Waals surface area contributed by atoms with E-state index in [0.29, 0.717) is 0 Å². The molecule has 0 aromatic heterocycles. The second kappa shape index (κ2) is 5.49. The second-order valence-corrected chi connectivity index (χ2v) is 6.24. The molecule has 0 bridgehead atoms. The largest absolute Gasteiger partial charge is 0.481 e. The molecule has 1 aliphatic carbocycles. The van der Waals surface area contributed by atoms with Gasteiger partial charge in [-0.3, -0.25) is 19.7 Å². The number of carboxylic acids is 1. The van der Waals surface area contributed by atoms with E-state index in [4.69, 9.17) is 5.11 Å². The number of ketones is 1. The fourth-order valence-electron chi connectivity index (χ4n) is 2.17. The van der Waals surface area contributed by atoms with Gasteiger partial charge in [-0.15, -0.1) is 0 Å². The molecule has 20 heavy (non-hydrogen) atoms. The Bertz CT molecular complexity index is 427. The number of rotatable bonds is 6. The monoisotopic (exact) mass is 286 g/mol. The molecule has 0 saturated heterocycles. The summed E-state index contributed by atoms with van der Waals surface area (Å²) in [6.07, 6.45) is -1.24. The molecule has 114 valence electrons. The summed E-state index contributed by atoms with van der Waals surface area (Å²) in [5, 5.41) is 23.2. The lowest BCUT2D eigenvalue weighted by Crippen LogP contribution is -2.56. The minimum Gasteiger partial charge on any atom is -0.481 e. The summed E-state index contributed by atoms with van der Waals surface area (Å²) in [6, 6.07) is -1.08. The third-order valence-electron chi connectivity index (χ3n) is 3.53. The molecule has 1 amide bonds. The number of carboxylic acid groups (broad SMARTS) is 1. The zero-order valence-electron chi connectivity index (χ0n) is 12.2. The minimum absolute atomic E-state index is 0.0653. The van der Waals surface area contributed by atoms with Crippen molar-refractivity contribution in [2.75, 3.05) is 0 Å². The molecule has 0 spiro atoms. The van der Waals surface area contributed by atoms with Gasteiger partial charge in [-0.05, 0) is 12.3 Å². The summed E-state index contributed by atoms with van der Waals surface area (Å²) in [5.41, 5.74) is -1.38. The molecule has 1 aliphatic rings. The number of carbonyl (C=O) groups excluding carboxylic acids is 2. The molecule has 3 atom stereocenters. The smallest absolute Gasteiger partial charge is 0.305 e. The molecule has 1 fully saturated rings. The van der Waals surface area contributed by atoms with E-state index in [0.717, 1.165) is 0 Å². The Morgan fingerprint density at radius 1 is 1.40 bits per heavy atom. The highest BCUT2D eigenvalue weighted by Crippen LogP contribution is 2.46. The van der Waals surface area contributed by atoms with Crippen molar-refractivity contribution in [3.05, 3.63) is 0 Å². The highest BCUT2D eigenvalue weighted by Gasteiger charge is 2.62. The summed E-state index contributed by atoms with van der Waals surface area (Å²) in [5.74, 6) is -1.82. The first-order valence-corrected chi connectivity index (χ1v) is 6.51. The van der Waals surface area contributed by atoms with Crippen LogP contribution in [0.15, 0.2) is 0 Å². The number of aliphatic hydroxyl groups excluding tert-OH is 1. The normalized spacial score (nSPS) is 24.9. The molecule has 1 saturated carbocycles. The summed E-state index contributed by atoms with van der Waals surface area (Å²) in [6.45, 7) is 6.91. The number of hydrogen-bond donors (Lipinski definition) is 4. The van der Waals surface area contributed by atoms with Crippen LogP contribution in [-0.4, -0.2) is 45.7 Å². The van der Waals surface area contributed by atoms with Crippen LogP contribution in [0.5, 0.6) is 0 Å². The topological polar surface area (TPSA) is 116 Å². The van der Waals surface area contributed by atoms with Crippen molar-refractivity contribution in [3.8, 4) is 0 Å². The first-order valence-electron chi connectivity index (χ1n) is 6.51. The zero-order valence-corrected chi connectivity index (χ0v) is 12.2. The standard InChI is InChI=1S/C13H22N2O5/c1-7(16)14-8(5-10(18)19)11(20)15-13(6-9(13)17)12(2,3)4/h7-8,14,16H,5-6H2,1-4H3,(H,15,20)(H,18,19). The predicted molar refractivity (Wildman–Crippen MR) is 70.8 cm³/mol. The van der Waals surface area contributed by atoms with E-state index in [1.807, 2.05) is 20.8 Å². The molecule has 7 heteroatoms. The van der Waals surface area contributed by atoms with Gasteiger partial charge in [-0.2, -0.15) is 0 Å². The van der Waals surface area contributed by atoms with Crippen LogP contribution in [0, 0.1) is 5.41 Å². The van der Waals surface area contributed by atoms with E-state index in [1.165, 1.54) is 6.92 Å². The highest BCUT2D eigenvalue weighted by molar-refractivity contribution is 6.09. The van der Waals surface area contributed by atoms with Crippen molar-refractivity contribution < 1.29 is 24.6 Å². The van der Waals surface area contributed by atoms with Gasteiger partial charge in [-0.25, -0.2) is 0 Å². The maximum absolute atomic E-state index is 12.2. The van der Waals surface area contributed by atoms with Gasteiger partial charge in [0.1, 0.15) is 11.8 Å². The predicted octanol–water partition coefficient (Wildman–Crippen LogP) is -0.369. The number of aliphatic hydroxyl groups is 1. The molecule has 1 rings (SSSR count). The molecule has 7 nitrogen and oxygen atoms in total. The maximum Gasteiger partial charge on any atom is 0.305 e. The average Bonchev–Trinajstić information content (AvgIpc) is 2.87. The van der Waals surface area contributed by atoms with E-state index in [9.17, 15) is 19.5 Å². The fraction of sp³-hybridized carbons (Fsp3) is 0.769. The molecule has 0 aromatic carbocycles. The third kappa shape index (κ3) is 3.55. The van der Waals surface area contributed by atoms with Crippen molar-refractivity contribution in [1.29, 1.82) is 0 Å². The number of carbonyl (C=O) groups is 3. The SMILES string of the molecule is CC(O)NC(CC(=O)O)C(=O)NC1(C(C)(C)C)CC1=O. The Labute approximate surface area is 117 Å². The Kier molecular flexibility index (Phi) is 4.55. The molecule has 0 aliphatic heterocycles. The Balaban J connectivity index is 2.81. The number of hydrogen-bond acceptors (Lipinski definition) is 5. The Hall–Kier alpha value is -1.47. The molecular formula is C13H22N2O5. The summed E-state index contributed by atoms with van der Waals surface area (Å²) in [4.78, 5) is 34.6. The quantitative estimate of drug-likeness (QED) is 0.495. The second-order valence-electron chi connectivity index (χ2n) is 6.24. The lowest BCUT2D eigenvalue weighted by Gasteiger charge is -2.31. The molecule has 0 heterocycles. The first kappa shape index (κ1) is 16.6. The molecular weight excluding hydrogens is 264 g/mol. The third-order valence-corrected chi connectivity index (χ3v) is 3.53. The Morgan fingerprint density at radius 3 is 2.20 bits per heavy atom. The van der Waals surface area contributed by atoms with E-state index in [2.05, 4.69) is 10.6 Å². The van der Waals surface area contributed by atoms with E-state index >= 15 is 0 Å². The lowest BCUT2D eigenvalue weighted by molar-refractivity contribution is -0.140. The maximum atomic E-state index is 12.2. The van der Waals surface area contributed by atoms with E-state index in [1.54, 1.807) is 0 Å². The Morgan fingerprint density at radius 2 is 1.90 bits per heavy atom. The van der Waals surface area contributed by atoms with Crippen LogP contribution in [0.25, 0.3) is 0 Å². The molecule has 0 aromatic rings. The van der Waals surface area contributed by atoms with Crippen molar-refractivity contribution >= 4 is 17.7 Å². The van der Waals surface area contributed by atoms with Crippen LogP contribution in [0.2, 0.25) is 0 Å². The molecule has 3 unspecified atom stereocenters. The molecule has 4 N–H and O–H groups in total. The zero-order chi connectivity index (χ0) is 15.7. The summed E-state index contributed by atoms with van der Waals surface area (Å²) < 4.78 is 0. The minimum atomic E-state index is -1.16. The average molecular weight is 286 g/mol. The van der Waals surface area contributed by atoms with Crippen LogP contribution in [0.1, 0.15) is 40.5 Å². The number of nitrogens with one attached hydrogen (secondary N) is 2. The van der Waals surface area contributed by atoms with Crippen LogP contribution in [0.4, 0.5) is 0 Å². The van der Waals surface area contributed by atoms with E-state index < -0.39 is 41.5 Å². The number of Topliss-reactive ketones (excluding diaryl/α,β-unsaturated/α-hetero) is 1. The van der Waals surface area contributed by atoms with Crippen molar-refractivity contribution in [3.63, 3.8) is 0 Å². The van der Waals surface area contributed by atoms with Gasteiger partial charge in [0.25, 0.3) is 0 Å². The fourth-order valence-corrected chi connectivity index (χ4v) is 2.17. The van der Waals surface area contributed by atoms with Crippen LogP contribution < -0.4 is 10.6 Å². The van der Waals surface area contributed by atoms with Gasteiger partial charge >= 0.3 is 5.97 Å². The summed E-state index contributed by atoms with van der Waals surface area (Å²) in [7, 11) is 0. The van der Waals surface area contributed by atoms with Crippen LogP contribution in [0.3, 0.4) is 0 Å². The lowest BCUT2D eigenvalue weighted by atomic mass is 9.83. The number of aliphatic carboxylic acids is 1. The van der Waals surface area contributed by atoms with Gasteiger partial charge in [0.15, 0.2) is 5.78 Å². The summed E-state index contributed by atoms with van der Waals surface area (Å²) >= 11 is 0. The van der Waals surface area contributed by atoms with Crippen molar-refractivity contribution in [2.45, 2.75) is 58.3 Å². The van der Waals surface area contributed by atoms with Crippen molar-refractivity contribution in [2.24, 2.45) is 5.41 Å².